The molecule has 1 aromatic carbocycles. The molecule has 0 radical (unpaired) electrons. The number of piperazine rings is 1. The van der Waals surface area contributed by atoms with E-state index in [1.165, 1.54) is 12.1 Å². The summed E-state index contributed by atoms with van der Waals surface area (Å²) in [5.74, 6) is -1.39. The van der Waals surface area contributed by atoms with E-state index in [0.717, 1.165) is 0 Å². The summed E-state index contributed by atoms with van der Waals surface area (Å²) in [7, 11) is 0. The first-order valence-corrected chi connectivity index (χ1v) is 8.62. The molecule has 0 aliphatic carbocycles. The van der Waals surface area contributed by atoms with Gasteiger partial charge in [-0.25, -0.2) is 4.39 Å². The number of rotatable bonds is 5. The number of hydrogen-bond acceptors (Lipinski definition) is 4. The van der Waals surface area contributed by atoms with E-state index in [1.807, 2.05) is 4.90 Å². The van der Waals surface area contributed by atoms with Gasteiger partial charge in [0.25, 0.3) is 0 Å². The Bertz CT molecular complexity index is 605. The second-order valence-electron chi connectivity index (χ2n) is 5.71. The van der Waals surface area contributed by atoms with Crippen molar-refractivity contribution < 1.29 is 17.6 Å². The number of benzene rings is 1. The molecule has 0 N–H and O–H groups in total. The zero-order valence-electron chi connectivity index (χ0n) is 13.4. The Morgan fingerprint density at radius 1 is 1.21 bits per heavy atom. The standard InChI is InChI=1S/C16H19F4N3S/c1-12-9-13(17)14(10-15(12)24-11-16(18,19)20)23-7-5-22(6-8-23)4-2-3-21/h9-10H,2,4-8,11H2,1H3. The maximum atomic E-state index is 14.3. The smallest absolute Gasteiger partial charge is 0.367 e. The number of nitrogens with zero attached hydrogens (tertiary/aromatic N) is 3. The lowest BCUT2D eigenvalue weighted by atomic mass is 10.2. The van der Waals surface area contributed by atoms with Gasteiger partial charge in [-0.05, 0) is 24.6 Å². The van der Waals surface area contributed by atoms with Crippen molar-refractivity contribution in [1.29, 1.82) is 5.26 Å². The molecule has 0 atom stereocenters. The molecule has 132 valence electrons. The molecule has 1 aromatic rings. The van der Waals surface area contributed by atoms with Crippen LogP contribution in [0.1, 0.15) is 12.0 Å². The van der Waals surface area contributed by atoms with Crippen LogP contribution in [0.15, 0.2) is 17.0 Å². The number of alkyl halides is 3. The molecule has 0 saturated carbocycles. The zero-order valence-corrected chi connectivity index (χ0v) is 14.2. The molecule has 8 heteroatoms. The molecule has 1 heterocycles. The summed E-state index contributed by atoms with van der Waals surface area (Å²) in [6.07, 6.45) is -3.80. The SMILES string of the molecule is Cc1cc(F)c(N2CCN(CCC#N)CC2)cc1SCC(F)(F)F. The highest BCUT2D eigenvalue weighted by Gasteiger charge is 2.28. The quantitative estimate of drug-likeness (QED) is 0.589. The Labute approximate surface area is 143 Å². The molecule has 0 amide bonds. The third kappa shape index (κ3) is 5.28. The number of nitriles is 1. The van der Waals surface area contributed by atoms with Crippen molar-refractivity contribution >= 4 is 17.4 Å². The molecule has 2 rings (SSSR count). The summed E-state index contributed by atoms with van der Waals surface area (Å²) in [5, 5.41) is 8.61. The zero-order chi connectivity index (χ0) is 17.7. The lowest BCUT2D eigenvalue weighted by Gasteiger charge is -2.36. The van der Waals surface area contributed by atoms with Crippen LogP contribution in [0.3, 0.4) is 0 Å². The second-order valence-corrected chi connectivity index (χ2v) is 6.73. The van der Waals surface area contributed by atoms with Gasteiger partial charge in [-0.15, -0.1) is 11.8 Å². The number of hydrogen-bond donors (Lipinski definition) is 0. The van der Waals surface area contributed by atoms with Gasteiger partial charge in [-0.3, -0.25) is 4.90 Å². The fraction of sp³-hybridized carbons (Fsp3) is 0.562. The van der Waals surface area contributed by atoms with Crippen molar-refractivity contribution in [2.75, 3.05) is 43.4 Å². The molecule has 0 bridgehead atoms. The van der Waals surface area contributed by atoms with Crippen LogP contribution >= 0.6 is 11.8 Å². The third-order valence-corrected chi connectivity index (χ3v) is 5.11. The second kappa shape index (κ2) is 8.08. The molecule has 3 nitrogen and oxygen atoms in total. The normalized spacial score (nSPS) is 16.2. The molecule has 0 unspecified atom stereocenters. The Hall–Kier alpha value is -1.46. The van der Waals surface area contributed by atoms with Crippen LogP contribution in [-0.2, 0) is 0 Å². The molecule has 0 spiro atoms. The average Bonchev–Trinajstić information content (AvgIpc) is 2.52. The van der Waals surface area contributed by atoms with E-state index >= 15 is 0 Å². The van der Waals surface area contributed by atoms with E-state index in [2.05, 4.69) is 11.0 Å². The summed E-state index contributed by atoms with van der Waals surface area (Å²) in [6.45, 7) is 4.91. The minimum absolute atomic E-state index is 0.352. The van der Waals surface area contributed by atoms with Gasteiger partial charge >= 0.3 is 6.18 Å². The Morgan fingerprint density at radius 3 is 2.46 bits per heavy atom. The van der Waals surface area contributed by atoms with E-state index in [9.17, 15) is 17.6 Å². The molecule has 1 saturated heterocycles. The van der Waals surface area contributed by atoms with Crippen molar-refractivity contribution in [2.45, 2.75) is 24.4 Å². The van der Waals surface area contributed by atoms with Crippen LogP contribution in [-0.4, -0.2) is 49.6 Å². The van der Waals surface area contributed by atoms with E-state index < -0.39 is 17.7 Å². The monoisotopic (exact) mass is 361 g/mol. The number of aryl methyl sites for hydroxylation is 1. The summed E-state index contributed by atoms with van der Waals surface area (Å²) in [5.41, 5.74) is 0.864. The lowest BCUT2D eigenvalue weighted by molar-refractivity contribution is -0.105. The molecule has 1 aliphatic rings. The van der Waals surface area contributed by atoms with Gasteiger partial charge in [0, 0.05) is 44.0 Å². The van der Waals surface area contributed by atoms with Gasteiger partial charge < -0.3 is 4.90 Å². The molecular weight excluding hydrogens is 342 g/mol. The van der Waals surface area contributed by atoms with Crippen molar-refractivity contribution in [3.8, 4) is 6.07 Å². The Balaban J connectivity index is 2.06. The van der Waals surface area contributed by atoms with Crippen molar-refractivity contribution in [1.82, 2.24) is 4.90 Å². The summed E-state index contributed by atoms with van der Waals surface area (Å²) >= 11 is 0.688. The predicted molar refractivity (Wildman–Crippen MR) is 86.8 cm³/mol. The molecule has 1 aliphatic heterocycles. The number of anilines is 1. The number of thioether (sulfide) groups is 1. The van der Waals surface area contributed by atoms with Crippen LogP contribution in [0, 0.1) is 24.1 Å². The van der Waals surface area contributed by atoms with Crippen LogP contribution in [0.4, 0.5) is 23.2 Å². The summed E-state index contributed by atoms with van der Waals surface area (Å²) in [4.78, 5) is 4.44. The maximum absolute atomic E-state index is 14.3. The molecule has 1 fully saturated rings. The van der Waals surface area contributed by atoms with Gasteiger partial charge in [-0.2, -0.15) is 18.4 Å². The lowest BCUT2D eigenvalue weighted by Crippen LogP contribution is -2.46. The molecule has 0 aromatic heterocycles. The van der Waals surface area contributed by atoms with Crippen molar-refractivity contribution in [2.24, 2.45) is 0 Å². The average molecular weight is 361 g/mol. The van der Waals surface area contributed by atoms with Crippen molar-refractivity contribution in [3.05, 3.63) is 23.5 Å². The predicted octanol–water partition coefficient (Wildman–Crippen LogP) is 3.82. The highest BCUT2D eigenvalue weighted by molar-refractivity contribution is 7.99. The fourth-order valence-corrected chi connectivity index (χ4v) is 3.42. The van der Waals surface area contributed by atoms with Gasteiger partial charge in [0.15, 0.2) is 0 Å². The van der Waals surface area contributed by atoms with Crippen LogP contribution in [0.2, 0.25) is 0 Å². The van der Waals surface area contributed by atoms with Gasteiger partial charge in [0.2, 0.25) is 0 Å². The Kier molecular flexibility index (Phi) is 6.35. The van der Waals surface area contributed by atoms with Gasteiger partial charge in [0.1, 0.15) is 5.82 Å². The van der Waals surface area contributed by atoms with E-state index in [4.69, 9.17) is 5.26 Å². The van der Waals surface area contributed by atoms with Crippen LogP contribution in [0.25, 0.3) is 0 Å². The minimum Gasteiger partial charge on any atom is -0.367 e. The molecular formula is C16H19F4N3S. The first-order chi connectivity index (χ1) is 11.3. The first kappa shape index (κ1) is 18.9. The minimum atomic E-state index is -4.25. The third-order valence-electron chi connectivity index (χ3n) is 3.89. The maximum Gasteiger partial charge on any atom is 0.398 e. The van der Waals surface area contributed by atoms with Crippen LogP contribution in [0.5, 0.6) is 0 Å². The van der Waals surface area contributed by atoms with E-state index in [1.54, 1.807) is 6.92 Å². The fourth-order valence-electron chi connectivity index (χ4n) is 2.62. The van der Waals surface area contributed by atoms with E-state index in [0.29, 0.717) is 67.1 Å². The molecule has 24 heavy (non-hydrogen) atoms. The summed E-state index contributed by atoms with van der Waals surface area (Å²) in [6, 6.07) is 4.92. The van der Waals surface area contributed by atoms with E-state index in [-0.39, 0.29) is 0 Å². The Morgan fingerprint density at radius 2 is 1.88 bits per heavy atom. The largest absolute Gasteiger partial charge is 0.398 e. The first-order valence-electron chi connectivity index (χ1n) is 7.64. The highest BCUT2D eigenvalue weighted by Crippen LogP contribution is 2.34. The summed E-state index contributed by atoms with van der Waals surface area (Å²) < 4.78 is 51.5. The van der Waals surface area contributed by atoms with Gasteiger partial charge in [0.05, 0.1) is 17.5 Å². The highest BCUT2D eigenvalue weighted by atomic mass is 32.2. The van der Waals surface area contributed by atoms with Gasteiger partial charge in [-0.1, -0.05) is 0 Å². The topological polar surface area (TPSA) is 30.3 Å². The van der Waals surface area contributed by atoms with Crippen LogP contribution < -0.4 is 4.90 Å². The number of halogens is 4. The van der Waals surface area contributed by atoms with Crippen molar-refractivity contribution in [3.63, 3.8) is 0 Å².